The van der Waals surface area contributed by atoms with Crippen molar-refractivity contribution in [1.29, 1.82) is 0 Å². The zero-order chi connectivity index (χ0) is 35.6. The van der Waals surface area contributed by atoms with Gasteiger partial charge >= 0.3 is 0 Å². The molecular weight excluding hydrogens is 652 g/mol. The number of pyridine rings is 1. The predicted octanol–water partition coefficient (Wildman–Crippen LogP) is 2.25. The summed E-state index contributed by atoms with van der Waals surface area (Å²) < 4.78 is 5.64. The Bertz CT molecular complexity index is 1700. The van der Waals surface area contributed by atoms with Crippen LogP contribution in [0.2, 0.25) is 5.02 Å². The van der Waals surface area contributed by atoms with Crippen molar-refractivity contribution in [3.05, 3.63) is 100 Å². The second-order valence-corrected chi connectivity index (χ2v) is 12.3. The van der Waals surface area contributed by atoms with Gasteiger partial charge in [0.15, 0.2) is 0 Å². The van der Waals surface area contributed by atoms with E-state index in [1.165, 1.54) is 6.20 Å². The lowest BCUT2D eigenvalue weighted by atomic mass is 9.94. The first-order valence-corrected chi connectivity index (χ1v) is 16.0. The van der Waals surface area contributed by atoms with E-state index in [1.807, 2.05) is 55.5 Å². The summed E-state index contributed by atoms with van der Waals surface area (Å²) >= 11 is 7.03. The van der Waals surface area contributed by atoms with Crippen molar-refractivity contribution in [2.24, 2.45) is 0 Å². The van der Waals surface area contributed by atoms with Crippen LogP contribution in [-0.4, -0.2) is 99.4 Å². The van der Waals surface area contributed by atoms with Crippen LogP contribution >= 0.6 is 11.6 Å². The lowest BCUT2D eigenvalue weighted by molar-refractivity contribution is 0.0410. The van der Waals surface area contributed by atoms with Gasteiger partial charge in [-0.25, -0.2) is 0 Å². The standard InChI is InChI=1S/C36H43ClN4O8/c1-23-27(5-4-8-30(23)41-34(48)31-12-9-24(14-38-31)15-39-35(17-42,18-43)19-44)29-7-3-6-28(33(29)37)25-10-11-26(32(13-25)49-2)16-40-36(20-45,21-46)22-47/h3-14,39-40,42-47H,15-22H2,1-2H3,(H,41,48). The first kappa shape index (κ1) is 37.9. The minimum absolute atomic E-state index is 0.189. The Labute approximate surface area is 290 Å². The van der Waals surface area contributed by atoms with Gasteiger partial charge in [-0.2, -0.15) is 0 Å². The molecule has 0 aliphatic carbocycles. The number of halogens is 1. The molecule has 0 aliphatic rings. The number of amides is 1. The van der Waals surface area contributed by atoms with Crippen LogP contribution in [0.25, 0.3) is 22.3 Å². The van der Waals surface area contributed by atoms with E-state index >= 15 is 0 Å². The van der Waals surface area contributed by atoms with Gasteiger partial charge in [-0.15, -0.1) is 0 Å². The summed E-state index contributed by atoms with van der Waals surface area (Å²) in [5.41, 5.74) is 3.69. The molecule has 3 aromatic carbocycles. The molecule has 4 aromatic rings. The van der Waals surface area contributed by atoms with E-state index in [9.17, 15) is 35.4 Å². The Morgan fingerprint density at radius 3 is 1.96 bits per heavy atom. The summed E-state index contributed by atoms with van der Waals surface area (Å²) in [4.78, 5) is 17.4. The first-order valence-electron chi connectivity index (χ1n) is 15.6. The maximum Gasteiger partial charge on any atom is 0.274 e. The van der Waals surface area contributed by atoms with Crippen molar-refractivity contribution in [2.45, 2.75) is 31.1 Å². The molecule has 0 saturated heterocycles. The van der Waals surface area contributed by atoms with Crippen LogP contribution in [0.15, 0.2) is 72.9 Å². The summed E-state index contributed by atoms with van der Waals surface area (Å²) in [6, 6.07) is 20.1. The number of carbonyl (C=O) groups is 1. The van der Waals surface area contributed by atoms with Gasteiger partial charge in [0.1, 0.15) is 11.4 Å². The molecule has 49 heavy (non-hydrogen) atoms. The van der Waals surface area contributed by atoms with Crippen molar-refractivity contribution in [3.63, 3.8) is 0 Å². The summed E-state index contributed by atoms with van der Waals surface area (Å²) in [5.74, 6) is 0.146. The van der Waals surface area contributed by atoms with Crippen molar-refractivity contribution < 1.29 is 40.2 Å². The Balaban J connectivity index is 1.53. The number of nitrogens with one attached hydrogen (secondary N) is 3. The van der Waals surface area contributed by atoms with Crippen molar-refractivity contribution in [3.8, 4) is 28.0 Å². The van der Waals surface area contributed by atoms with Crippen LogP contribution in [-0.2, 0) is 13.1 Å². The van der Waals surface area contributed by atoms with Gasteiger partial charge in [-0.1, -0.05) is 60.1 Å². The fourth-order valence-electron chi connectivity index (χ4n) is 5.14. The molecule has 0 bridgehead atoms. The Hall–Kier alpha value is -3.95. The molecule has 4 rings (SSSR count). The monoisotopic (exact) mass is 694 g/mol. The largest absolute Gasteiger partial charge is 0.496 e. The number of carbonyl (C=O) groups excluding carboxylic acids is 1. The number of rotatable bonds is 17. The maximum absolute atomic E-state index is 13.2. The third kappa shape index (κ3) is 8.62. The molecule has 1 amide bonds. The molecule has 262 valence electrons. The van der Waals surface area contributed by atoms with Crippen LogP contribution in [0.4, 0.5) is 5.69 Å². The van der Waals surface area contributed by atoms with Crippen LogP contribution in [0, 0.1) is 6.92 Å². The van der Waals surface area contributed by atoms with Gasteiger partial charge in [-0.05, 0) is 47.4 Å². The number of nitrogens with zero attached hydrogens (tertiary/aromatic N) is 1. The average molecular weight is 695 g/mol. The summed E-state index contributed by atoms with van der Waals surface area (Å²) in [6.45, 7) is -0.343. The highest BCUT2D eigenvalue weighted by Crippen LogP contribution is 2.40. The minimum atomic E-state index is -1.23. The number of ether oxygens (including phenoxy) is 1. The molecule has 0 radical (unpaired) electrons. The summed E-state index contributed by atoms with van der Waals surface area (Å²) in [5, 5.41) is 66.9. The predicted molar refractivity (Wildman–Crippen MR) is 187 cm³/mol. The highest BCUT2D eigenvalue weighted by Gasteiger charge is 2.28. The normalized spacial score (nSPS) is 11.9. The van der Waals surface area contributed by atoms with Gasteiger partial charge in [0.25, 0.3) is 5.91 Å². The third-order valence-electron chi connectivity index (χ3n) is 8.66. The molecule has 0 spiro atoms. The number of benzene rings is 3. The van der Waals surface area contributed by atoms with Gasteiger partial charge in [0.2, 0.25) is 0 Å². The molecule has 0 unspecified atom stereocenters. The van der Waals surface area contributed by atoms with E-state index in [2.05, 4.69) is 20.9 Å². The van der Waals surface area contributed by atoms with Crippen LogP contribution in [0.5, 0.6) is 5.75 Å². The van der Waals surface area contributed by atoms with E-state index in [0.29, 0.717) is 22.0 Å². The van der Waals surface area contributed by atoms with Gasteiger partial charge in [0.05, 0.1) is 62.9 Å². The van der Waals surface area contributed by atoms with E-state index in [-0.39, 0.29) is 18.8 Å². The molecule has 9 N–H and O–H groups in total. The summed E-state index contributed by atoms with van der Waals surface area (Å²) in [7, 11) is 1.54. The zero-order valence-electron chi connectivity index (χ0n) is 27.4. The molecule has 1 aromatic heterocycles. The number of aliphatic hydroxyl groups excluding tert-OH is 6. The Morgan fingerprint density at radius 2 is 1.37 bits per heavy atom. The van der Waals surface area contributed by atoms with Crippen molar-refractivity contribution in [1.82, 2.24) is 15.6 Å². The van der Waals surface area contributed by atoms with Crippen molar-refractivity contribution >= 4 is 23.2 Å². The molecule has 12 nitrogen and oxygen atoms in total. The highest BCUT2D eigenvalue weighted by atomic mass is 35.5. The number of aromatic nitrogens is 1. The van der Waals surface area contributed by atoms with Crippen molar-refractivity contribution in [2.75, 3.05) is 52.1 Å². The van der Waals surface area contributed by atoms with Crippen LogP contribution in [0.1, 0.15) is 27.2 Å². The minimum Gasteiger partial charge on any atom is -0.496 e. The molecule has 0 saturated carbocycles. The van der Waals surface area contributed by atoms with Gasteiger partial charge in [0, 0.05) is 41.7 Å². The topological polar surface area (TPSA) is 197 Å². The van der Waals surface area contributed by atoms with Gasteiger partial charge in [-0.3, -0.25) is 9.78 Å². The lowest BCUT2D eigenvalue weighted by Gasteiger charge is -2.29. The Kier molecular flexibility index (Phi) is 13.2. The molecule has 13 heteroatoms. The zero-order valence-corrected chi connectivity index (χ0v) is 28.2. The smallest absolute Gasteiger partial charge is 0.274 e. The summed E-state index contributed by atoms with van der Waals surface area (Å²) in [6.07, 6.45) is 1.51. The fraction of sp³-hybridized carbons (Fsp3) is 0.333. The number of aliphatic hydroxyl groups is 6. The average Bonchev–Trinajstić information content (AvgIpc) is 3.14. The molecule has 0 atom stereocenters. The van der Waals surface area contributed by atoms with E-state index < -0.39 is 56.6 Å². The second kappa shape index (κ2) is 17.1. The fourth-order valence-corrected chi connectivity index (χ4v) is 5.48. The lowest BCUT2D eigenvalue weighted by Crippen LogP contribution is -2.54. The van der Waals surface area contributed by atoms with Gasteiger partial charge < -0.3 is 51.3 Å². The number of anilines is 1. The Morgan fingerprint density at radius 1 is 0.776 bits per heavy atom. The van der Waals surface area contributed by atoms with Crippen LogP contribution in [0.3, 0.4) is 0 Å². The van der Waals surface area contributed by atoms with E-state index in [4.69, 9.17) is 16.3 Å². The second-order valence-electron chi connectivity index (χ2n) is 11.9. The third-order valence-corrected chi connectivity index (χ3v) is 9.07. The number of methoxy groups -OCH3 is 1. The maximum atomic E-state index is 13.2. The molecule has 0 aliphatic heterocycles. The highest BCUT2D eigenvalue weighted by molar-refractivity contribution is 6.36. The quantitative estimate of drug-likeness (QED) is 0.0786. The number of hydrogen-bond donors (Lipinski definition) is 9. The molecular formula is C36H43ClN4O8. The van der Waals surface area contributed by atoms with E-state index in [1.54, 1.807) is 25.3 Å². The number of hydrogen-bond acceptors (Lipinski definition) is 11. The van der Waals surface area contributed by atoms with Crippen LogP contribution < -0.4 is 20.7 Å². The molecule has 1 heterocycles. The first-order chi connectivity index (χ1) is 23.6. The molecule has 0 fully saturated rings. The van der Waals surface area contributed by atoms with E-state index in [0.717, 1.165) is 33.4 Å². The SMILES string of the molecule is COc1cc(-c2cccc(-c3cccc(NC(=O)c4ccc(CNC(CO)(CO)CO)cn4)c3C)c2Cl)ccc1CNC(CO)(CO)CO.